The van der Waals surface area contributed by atoms with Gasteiger partial charge in [0.1, 0.15) is 8.07 Å². The van der Waals surface area contributed by atoms with Crippen LogP contribution in [0.15, 0.2) is 30.3 Å². The Balaban J connectivity index is 2.30. The molecule has 7 heteroatoms. The first-order valence-corrected chi connectivity index (χ1v) is 14.8. The van der Waals surface area contributed by atoms with E-state index in [0.717, 1.165) is 21.8 Å². The van der Waals surface area contributed by atoms with Crippen molar-refractivity contribution in [1.82, 2.24) is 0 Å². The molecular weight excluding hydrogens is 453 g/mol. The zero-order valence-electron chi connectivity index (χ0n) is 22.9. The van der Waals surface area contributed by atoms with Crippen LogP contribution in [-0.4, -0.2) is 37.6 Å². The first-order valence-electron chi connectivity index (χ1n) is 12.6. The summed E-state index contributed by atoms with van der Waals surface area (Å²) < 4.78 is 12.8. The fraction of sp³-hybridized carbons (Fsp3) is 0.536. The van der Waals surface area contributed by atoms with E-state index in [1.54, 1.807) is 6.07 Å². The van der Waals surface area contributed by atoms with E-state index in [1.807, 2.05) is 52.0 Å². The molecule has 0 spiro atoms. The molecule has 188 valence electrons. The highest BCUT2D eigenvalue weighted by Crippen LogP contribution is 2.41. The minimum atomic E-state index is -1.97. The van der Waals surface area contributed by atoms with Crippen LogP contribution in [0.25, 0.3) is 10.8 Å². The van der Waals surface area contributed by atoms with Gasteiger partial charge in [-0.1, -0.05) is 65.7 Å². The first kappa shape index (κ1) is 27.3. The molecule has 0 unspecified atom stereocenters. The van der Waals surface area contributed by atoms with Gasteiger partial charge in [-0.3, -0.25) is 5.32 Å². The van der Waals surface area contributed by atoms with Crippen LogP contribution in [0.5, 0.6) is 0 Å². The number of benzene rings is 2. The van der Waals surface area contributed by atoms with Crippen LogP contribution in [0, 0.1) is 11.5 Å². The second-order valence-corrected chi connectivity index (χ2v) is 17.2. The van der Waals surface area contributed by atoms with Crippen molar-refractivity contribution in [3.8, 4) is 11.5 Å². The summed E-state index contributed by atoms with van der Waals surface area (Å²) >= 11 is 0. The van der Waals surface area contributed by atoms with E-state index in [1.165, 1.54) is 0 Å². The minimum Gasteiger partial charge on any atom is -0.465 e. The standard InChI is InChI=1S/C28H40BNO4Si/c1-18(2)35(19(3)4,20(5)6)17-16-21-12-11-13-22-24(30-26(31)32)15-14-23(25(21)22)29-33-27(7,8)28(9,10)34-29/h11-15,18-20,30H,1-10H3,(H,31,32). The van der Waals surface area contributed by atoms with Crippen LogP contribution < -0.4 is 10.8 Å². The molecule has 1 amide bonds. The summed E-state index contributed by atoms with van der Waals surface area (Å²) in [5, 5.41) is 13.6. The summed E-state index contributed by atoms with van der Waals surface area (Å²) in [5.74, 6) is 3.58. The summed E-state index contributed by atoms with van der Waals surface area (Å²) in [7, 11) is -2.54. The van der Waals surface area contributed by atoms with E-state index >= 15 is 0 Å². The first-order chi connectivity index (χ1) is 16.1. The van der Waals surface area contributed by atoms with Crippen LogP contribution in [0.3, 0.4) is 0 Å². The van der Waals surface area contributed by atoms with Gasteiger partial charge in [-0.25, -0.2) is 4.79 Å². The zero-order chi connectivity index (χ0) is 26.3. The van der Waals surface area contributed by atoms with Crippen molar-refractivity contribution in [3.05, 3.63) is 35.9 Å². The molecule has 1 aliphatic heterocycles. The van der Waals surface area contributed by atoms with Gasteiger partial charge in [-0.2, -0.15) is 0 Å². The van der Waals surface area contributed by atoms with Crippen molar-refractivity contribution in [2.75, 3.05) is 5.32 Å². The van der Waals surface area contributed by atoms with Crippen LogP contribution >= 0.6 is 0 Å². The summed E-state index contributed by atoms with van der Waals surface area (Å²) in [6, 6.07) is 9.58. The Morgan fingerprint density at radius 3 is 1.97 bits per heavy atom. The molecule has 1 saturated heterocycles. The molecule has 35 heavy (non-hydrogen) atoms. The largest absolute Gasteiger partial charge is 0.495 e. The topological polar surface area (TPSA) is 67.8 Å². The van der Waals surface area contributed by atoms with Gasteiger partial charge in [0, 0.05) is 10.9 Å². The predicted molar refractivity (Wildman–Crippen MR) is 149 cm³/mol. The summed E-state index contributed by atoms with van der Waals surface area (Å²) in [4.78, 5) is 11.5. The average molecular weight is 494 g/mol. The molecule has 0 bridgehead atoms. The van der Waals surface area contributed by atoms with Crippen LogP contribution in [0.1, 0.15) is 74.8 Å². The van der Waals surface area contributed by atoms with E-state index in [2.05, 4.69) is 58.3 Å². The van der Waals surface area contributed by atoms with E-state index in [0.29, 0.717) is 22.3 Å². The van der Waals surface area contributed by atoms with Gasteiger partial charge in [0.15, 0.2) is 0 Å². The van der Waals surface area contributed by atoms with Gasteiger partial charge in [0.05, 0.1) is 16.9 Å². The molecule has 5 nitrogen and oxygen atoms in total. The third-order valence-electron chi connectivity index (χ3n) is 8.10. The van der Waals surface area contributed by atoms with E-state index < -0.39 is 32.5 Å². The highest BCUT2D eigenvalue weighted by Gasteiger charge is 2.52. The highest BCUT2D eigenvalue weighted by molar-refractivity contribution is 6.90. The normalized spacial score (nSPS) is 17.2. The van der Waals surface area contributed by atoms with Crippen LogP contribution in [0.4, 0.5) is 10.5 Å². The number of nitrogens with one attached hydrogen (secondary N) is 1. The number of carboxylic acid groups (broad SMARTS) is 1. The summed E-state index contributed by atoms with van der Waals surface area (Å²) in [5.41, 5.74) is 6.64. The Morgan fingerprint density at radius 1 is 0.943 bits per heavy atom. The monoisotopic (exact) mass is 493 g/mol. The predicted octanol–water partition coefficient (Wildman–Crippen LogP) is 6.80. The van der Waals surface area contributed by atoms with E-state index in [9.17, 15) is 9.90 Å². The maximum absolute atomic E-state index is 11.5. The lowest BCUT2D eigenvalue weighted by Crippen LogP contribution is -2.43. The lowest BCUT2D eigenvalue weighted by atomic mass is 9.74. The van der Waals surface area contributed by atoms with Crippen LogP contribution in [0.2, 0.25) is 16.6 Å². The molecule has 0 saturated carbocycles. The number of rotatable bonds is 5. The number of amides is 1. The number of hydrogen-bond donors (Lipinski definition) is 2. The van der Waals surface area contributed by atoms with Crippen molar-refractivity contribution >= 4 is 43.2 Å². The number of anilines is 1. The SMILES string of the molecule is CC(C)[Si](C#Cc1cccc2c(NC(=O)O)ccc(B3OC(C)(C)C(C)(C)O3)c12)(C(C)C)C(C)C. The van der Waals surface area contributed by atoms with E-state index in [4.69, 9.17) is 9.31 Å². The quantitative estimate of drug-likeness (QED) is 0.355. The molecule has 0 radical (unpaired) electrons. The molecule has 1 fully saturated rings. The summed E-state index contributed by atoms with van der Waals surface area (Å²) in [6.45, 7) is 21.9. The fourth-order valence-electron chi connectivity index (χ4n) is 5.54. The second kappa shape index (κ2) is 9.65. The highest BCUT2D eigenvalue weighted by atomic mass is 28.3. The van der Waals surface area contributed by atoms with Gasteiger partial charge in [-0.15, -0.1) is 5.54 Å². The minimum absolute atomic E-state index is 0.488. The zero-order valence-corrected chi connectivity index (χ0v) is 23.9. The van der Waals surface area contributed by atoms with Crippen molar-refractivity contribution in [1.29, 1.82) is 0 Å². The second-order valence-electron chi connectivity index (χ2n) is 11.6. The van der Waals surface area contributed by atoms with Crippen molar-refractivity contribution < 1.29 is 19.2 Å². The van der Waals surface area contributed by atoms with Gasteiger partial charge in [0.2, 0.25) is 0 Å². The van der Waals surface area contributed by atoms with Gasteiger partial charge < -0.3 is 14.4 Å². The van der Waals surface area contributed by atoms with Crippen molar-refractivity contribution in [3.63, 3.8) is 0 Å². The molecular formula is C28H40BNO4Si. The van der Waals surface area contributed by atoms with Gasteiger partial charge >= 0.3 is 13.2 Å². The molecule has 2 aromatic carbocycles. The lowest BCUT2D eigenvalue weighted by molar-refractivity contribution is 0.00578. The van der Waals surface area contributed by atoms with E-state index in [-0.39, 0.29) is 0 Å². The maximum Gasteiger partial charge on any atom is 0.495 e. The maximum atomic E-state index is 11.5. The Hall–Kier alpha value is -2.27. The molecule has 1 aliphatic rings. The van der Waals surface area contributed by atoms with Crippen molar-refractivity contribution in [2.45, 2.75) is 97.1 Å². The molecule has 3 rings (SSSR count). The average Bonchev–Trinajstić information content (AvgIpc) is 2.94. The third-order valence-corrected chi connectivity index (χ3v) is 14.4. The Labute approximate surface area is 212 Å². The molecule has 2 aromatic rings. The Bertz CT molecular complexity index is 1140. The van der Waals surface area contributed by atoms with Crippen LogP contribution in [-0.2, 0) is 9.31 Å². The molecule has 1 heterocycles. The smallest absolute Gasteiger partial charge is 0.465 e. The van der Waals surface area contributed by atoms with Crippen molar-refractivity contribution in [2.24, 2.45) is 0 Å². The number of fused-ring (bicyclic) bond motifs is 1. The summed E-state index contributed by atoms with van der Waals surface area (Å²) in [6.07, 6.45) is -1.10. The number of carbonyl (C=O) groups is 1. The third kappa shape index (κ3) is 4.89. The Kier molecular flexibility index (Phi) is 7.53. The lowest BCUT2D eigenvalue weighted by Gasteiger charge is -2.38. The molecule has 0 aromatic heterocycles. The molecule has 0 atom stereocenters. The Morgan fingerprint density at radius 2 is 1.49 bits per heavy atom. The number of hydrogen-bond acceptors (Lipinski definition) is 3. The van der Waals surface area contributed by atoms with Gasteiger partial charge in [0.25, 0.3) is 0 Å². The fourth-order valence-corrected chi connectivity index (χ4v) is 10.8. The molecule has 2 N–H and O–H groups in total. The van der Waals surface area contributed by atoms with Gasteiger partial charge in [-0.05, 0) is 67.3 Å². The molecule has 0 aliphatic carbocycles.